The predicted molar refractivity (Wildman–Crippen MR) is 181 cm³/mol. The molecular weight excluding hydrogens is 638 g/mol. The smallest absolute Gasteiger partial charge is 0.306 e. The van der Waals surface area contributed by atoms with Gasteiger partial charge >= 0.3 is 11.7 Å². The number of nitrogens with one attached hydrogen (secondary N) is 2. The molecule has 0 atom stereocenters. The van der Waals surface area contributed by atoms with Gasteiger partial charge in [-0.25, -0.2) is 28.4 Å². The van der Waals surface area contributed by atoms with Crippen LogP contribution >= 0.6 is 11.3 Å². The fourth-order valence-electron chi connectivity index (χ4n) is 5.52. The van der Waals surface area contributed by atoms with E-state index in [2.05, 4.69) is 20.6 Å². The molecule has 0 aliphatic rings. The maximum atomic E-state index is 15.0. The van der Waals surface area contributed by atoms with Gasteiger partial charge in [-0.2, -0.15) is 0 Å². The second kappa shape index (κ2) is 14.1. The Morgan fingerprint density at radius 2 is 1.65 bits per heavy atom. The van der Waals surface area contributed by atoms with Crippen molar-refractivity contribution in [1.82, 2.24) is 24.5 Å². The number of thiophene rings is 1. The highest BCUT2D eigenvalue weighted by atomic mass is 32.1. The lowest BCUT2D eigenvalue weighted by Gasteiger charge is -2.18. The topological polar surface area (TPSA) is 110 Å². The normalized spacial score (nSPS) is 11.3. The monoisotopic (exact) mass is 668 g/mol. The van der Waals surface area contributed by atoms with Crippen molar-refractivity contribution >= 4 is 33.3 Å². The zero-order valence-electron chi connectivity index (χ0n) is 25.9. The second-order valence-corrected chi connectivity index (χ2v) is 12.0. The molecule has 0 aliphatic heterocycles. The molecule has 13 heteroatoms. The molecule has 10 nitrogen and oxygen atoms in total. The van der Waals surface area contributed by atoms with Crippen LogP contribution in [0.2, 0.25) is 0 Å². The maximum absolute atomic E-state index is 15.0. The molecule has 0 aliphatic carbocycles. The van der Waals surface area contributed by atoms with Gasteiger partial charge in [0.1, 0.15) is 16.5 Å². The van der Waals surface area contributed by atoms with Gasteiger partial charge in [0, 0.05) is 41.6 Å². The Morgan fingerprint density at radius 1 is 0.917 bits per heavy atom. The first-order chi connectivity index (χ1) is 23.2. The minimum absolute atomic E-state index is 0.259. The number of rotatable bonds is 10. The standard InChI is InChI=1S/C35H30F2N6O4S/c1-41(19-22-8-7-17-38-18-22)20-27-30-32(44)43(25-9-4-3-5-10-25)35(46)42(21-26-28(36)11-6-12-29(26)37)33(30)48-31(27)23-13-15-24(16-14-23)39-34(45)40-47-2/h3-18H,19-21H2,1-2H3,(H2,39,40,45). The summed E-state index contributed by atoms with van der Waals surface area (Å²) in [6.45, 7) is 0.356. The fraction of sp³-hybridized carbons (Fsp3) is 0.143. The highest BCUT2D eigenvalue weighted by Crippen LogP contribution is 2.38. The van der Waals surface area contributed by atoms with Gasteiger partial charge < -0.3 is 5.32 Å². The number of pyridine rings is 1. The molecule has 0 bridgehead atoms. The first kappa shape index (κ1) is 32.4. The Bertz CT molecular complexity index is 2180. The first-order valence-electron chi connectivity index (χ1n) is 14.8. The number of carbonyl (C=O) groups excluding carboxylic acids is 1. The van der Waals surface area contributed by atoms with Crippen molar-refractivity contribution in [2.45, 2.75) is 19.6 Å². The highest BCUT2D eigenvalue weighted by Gasteiger charge is 2.25. The van der Waals surface area contributed by atoms with Crippen molar-refractivity contribution in [3.8, 4) is 16.1 Å². The predicted octanol–water partition coefficient (Wildman–Crippen LogP) is 5.92. The molecule has 0 radical (unpaired) electrons. The van der Waals surface area contributed by atoms with Gasteiger partial charge in [-0.1, -0.05) is 42.5 Å². The number of hydroxylamine groups is 1. The third kappa shape index (κ3) is 6.65. The minimum Gasteiger partial charge on any atom is -0.306 e. The van der Waals surface area contributed by atoms with Crippen LogP contribution in [0, 0.1) is 11.6 Å². The van der Waals surface area contributed by atoms with Crippen molar-refractivity contribution in [3.63, 3.8) is 0 Å². The number of anilines is 1. The van der Waals surface area contributed by atoms with Gasteiger partial charge in [-0.3, -0.25) is 24.1 Å². The van der Waals surface area contributed by atoms with E-state index >= 15 is 8.78 Å². The molecule has 3 heterocycles. The highest BCUT2D eigenvalue weighted by molar-refractivity contribution is 7.22. The summed E-state index contributed by atoms with van der Waals surface area (Å²) in [6.07, 6.45) is 3.45. The summed E-state index contributed by atoms with van der Waals surface area (Å²) >= 11 is 1.19. The van der Waals surface area contributed by atoms with Gasteiger partial charge in [0.05, 0.1) is 24.7 Å². The van der Waals surface area contributed by atoms with Crippen LogP contribution in [0.25, 0.3) is 26.3 Å². The van der Waals surface area contributed by atoms with E-state index in [-0.39, 0.29) is 22.3 Å². The molecule has 0 spiro atoms. The summed E-state index contributed by atoms with van der Waals surface area (Å²) in [5.74, 6) is -1.61. The van der Waals surface area contributed by atoms with Gasteiger partial charge in [-0.15, -0.1) is 11.3 Å². The number of nitrogens with zero attached hydrogens (tertiary/aromatic N) is 4. The number of urea groups is 1. The molecule has 2 N–H and O–H groups in total. The number of hydrogen-bond acceptors (Lipinski definition) is 7. The quantitative estimate of drug-likeness (QED) is 0.176. The lowest BCUT2D eigenvalue weighted by atomic mass is 10.1. The zero-order chi connectivity index (χ0) is 33.8. The summed E-state index contributed by atoms with van der Waals surface area (Å²) in [5, 5.41) is 2.92. The average molecular weight is 669 g/mol. The molecular formula is C35H30F2N6O4S. The van der Waals surface area contributed by atoms with Gasteiger partial charge in [-0.05, 0) is 66.2 Å². The Hall–Kier alpha value is -5.50. The van der Waals surface area contributed by atoms with E-state index in [1.54, 1.807) is 67.0 Å². The average Bonchev–Trinajstić information content (AvgIpc) is 3.44. The number of amides is 2. The van der Waals surface area contributed by atoms with Crippen LogP contribution in [0.15, 0.2) is 107 Å². The number of carbonyl (C=O) groups is 1. The third-order valence-electron chi connectivity index (χ3n) is 7.67. The Morgan fingerprint density at radius 3 is 2.31 bits per heavy atom. The van der Waals surface area contributed by atoms with Gasteiger partial charge in [0.2, 0.25) is 0 Å². The van der Waals surface area contributed by atoms with E-state index < -0.39 is 35.5 Å². The molecule has 244 valence electrons. The minimum atomic E-state index is -0.804. The van der Waals surface area contributed by atoms with E-state index in [0.717, 1.165) is 22.3 Å². The van der Waals surface area contributed by atoms with E-state index in [4.69, 9.17) is 0 Å². The van der Waals surface area contributed by atoms with Gasteiger partial charge in [0.25, 0.3) is 5.56 Å². The van der Waals surface area contributed by atoms with Crippen molar-refractivity contribution < 1.29 is 18.4 Å². The molecule has 0 unspecified atom stereocenters. The van der Waals surface area contributed by atoms with Crippen molar-refractivity contribution in [2.75, 3.05) is 19.5 Å². The molecule has 6 rings (SSSR count). The number of hydrogen-bond donors (Lipinski definition) is 2. The molecule has 0 saturated carbocycles. The molecule has 0 saturated heterocycles. The summed E-state index contributed by atoms with van der Waals surface area (Å²) in [5.41, 5.74) is 3.73. The van der Waals surface area contributed by atoms with Crippen molar-refractivity contribution in [2.24, 2.45) is 0 Å². The molecule has 3 aromatic heterocycles. The second-order valence-electron chi connectivity index (χ2n) is 11.0. The maximum Gasteiger partial charge on any atom is 0.343 e. The number of fused-ring (bicyclic) bond motifs is 1. The van der Waals surface area contributed by atoms with Crippen LogP contribution in [-0.4, -0.2) is 39.2 Å². The van der Waals surface area contributed by atoms with Crippen LogP contribution in [0.5, 0.6) is 0 Å². The lowest BCUT2D eigenvalue weighted by Crippen LogP contribution is -2.39. The Kier molecular flexibility index (Phi) is 9.52. The summed E-state index contributed by atoms with van der Waals surface area (Å²) in [4.78, 5) is 52.4. The van der Waals surface area contributed by atoms with Crippen LogP contribution in [0.1, 0.15) is 16.7 Å². The molecule has 6 aromatic rings. The lowest BCUT2D eigenvalue weighted by molar-refractivity contribution is 0.114. The molecule has 0 fully saturated rings. The SMILES string of the molecule is CONC(=O)Nc1ccc(-c2sc3c(c2CN(C)Cc2cccnc2)c(=O)n(-c2ccccc2)c(=O)n3Cc2c(F)cccc2F)cc1. The third-order valence-corrected chi connectivity index (χ3v) is 8.97. The summed E-state index contributed by atoms with van der Waals surface area (Å²) in [7, 11) is 3.23. The van der Waals surface area contributed by atoms with Crippen LogP contribution < -0.4 is 22.0 Å². The molecule has 3 aromatic carbocycles. The number of aromatic nitrogens is 3. The van der Waals surface area contributed by atoms with Gasteiger partial charge in [0.15, 0.2) is 0 Å². The van der Waals surface area contributed by atoms with Crippen molar-refractivity contribution in [3.05, 3.63) is 146 Å². The Balaban J connectivity index is 1.59. The zero-order valence-corrected chi connectivity index (χ0v) is 26.8. The van der Waals surface area contributed by atoms with Crippen LogP contribution in [0.3, 0.4) is 0 Å². The van der Waals surface area contributed by atoms with Crippen LogP contribution in [-0.2, 0) is 24.5 Å². The number of para-hydroxylation sites is 1. The summed E-state index contributed by atoms with van der Waals surface area (Å²) in [6, 6.07) is 22.2. The van der Waals surface area contributed by atoms with E-state index in [9.17, 15) is 14.4 Å². The number of benzene rings is 3. The Labute approximate surface area is 277 Å². The largest absolute Gasteiger partial charge is 0.343 e. The van der Waals surface area contributed by atoms with E-state index in [0.29, 0.717) is 33.9 Å². The first-order valence-corrected chi connectivity index (χ1v) is 15.6. The fourth-order valence-corrected chi connectivity index (χ4v) is 6.82. The number of halogens is 2. The van der Waals surface area contributed by atoms with Crippen LogP contribution in [0.4, 0.5) is 19.3 Å². The van der Waals surface area contributed by atoms with E-state index in [1.165, 1.54) is 29.1 Å². The van der Waals surface area contributed by atoms with Crippen molar-refractivity contribution in [1.29, 1.82) is 0 Å². The van der Waals surface area contributed by atoms with E-state index in [1.807, 2.05) is 24.1 Å². The molecule has 2 amide bonds. The molecule has 48 heavy (non-hydrogen) atoms. The summed E-state index contributed by atoms with van der Waals surface area (Å²) < 4.78 is 32.3.